The number of hydrogen-bond acceptors (Lipinski definition) is 5. The average Bonchev–Trinajstić information content (AvgIpc) is 3.26. The Bertz CT molecular complexity index is 824. The van der Waals surface area contributed by atoms with E-state index in [1.807, 2.05) is 18.3 Å². The molecule has 116 valence electrons. The molecule has 3 heterocycles. The first kappa shape index (κ1) is 13.6. The van der Waals surface area contributed by atoms with E-state index in [1.54, 1.807) is 18.3 Å². The van der Waals surface area contributed by atoms with Crippen molar-refractivity contribution in [3.05, 3.63) is 54.4 Å². The van der Waals surface area contributed by atoms with Gasteiger partial charge in [-0.25, -0.2) is 9.67 Å². The number of fused-ring (bicyclic) bond motifs is 1. The standard InChI is InChI=1S/C15H15N7O/c23-15(18-12-4-5-14-16-6-7-21(14)9-12)11-2-1-3-13(8-11)22-10-17-19-20-22/h1-3,6-8,10,12H,4-5,9H2,(H,18,23). The third-order valence-corrected chi connectivity index (χ3v) is 3.99. The zero-order valence-corrected chi connectivity index (χ0v) is 12.3. The Morgan fingerprint density at radius 2 is 2.30 bits per heavy atom. The topological polar surface area (TPSA) is 90.5 Å². The van der Waals surface area contributed by atoms with Gasteiger partial charge in [0.15, 0.2) is 0 Å². The molecule has 0 spiro atoms. The number of aryl methyl sites for hydroxylation is 1. The van der Waals surface area contributed by atoms with E-state index in [1.165, 1.54) is 11.0 Å². The second-order valence-electron chi connectivity index (χ2n) is 5.51. The lowest BCUT2D eigenvalue weighted by atomic mass is 10.1. The fraction of sp³-hybridized carbons (Fsp3) is 0.267. The van der Waals surface area contributed by atoms with Crippen LogP contribution in [-0.4, -0.2) is 41.7 Å². The molecule has 0 radical (unpaired) electrons. The summed E-state index contributed by atoms with van der Waals surface area (Å²) in [4.78, 5) is 16.8. The molecule has 23 heavy (non-hydrogen) atoms. The molecule has 8 heteroatoms. The maximum absolute atomic E-state index is 12.5. The number of nitrogens with zero attached hydrogens (tertiary/aromatic N) is 6. The predicted octanol–water partition coefficient (Wildman–Crippen LogP) is 0.604. The summed E-state index contributed by atoms with van der Waals surface area (Å²) in [6, 6.07) is 7.35. The van der Waals surface area contributed by atoms with Gasteiger partial charge in [-0.3, -0.25) is 4.79 Å². The maximum atomic E-state index is 12.5. The van der Waals surface area contributed by atoms with Crippen molar-refractivity contribution in [3.8, 4) is 5.69 Å². The minimum Gasteiger partial charge on any atom is -0.347 e. The third-order valence-electron chi connectivity index (χ3n) is 3.99. The van der Waals surface area contributed by atoms with Gasteiger partial charge in [-0.2, -0.15) is 0 Å². The van der Waals surface area contributed by atoms with Gasteiger partial charge in [0.1, 0.15) is 12.2 Å². The van der Waals surface area contributed by atoms with E-state index < -0.39 is 0 Å². The van der Waals surface area contributed by atoms with E-state index in [2.05, 4.69) is 30.4 Å². The first-order valence-corrected chi connectivity index (χ1v) is 7.44. The molecule has 1 amide bonds. The Morgan fingerprint density at radius 1 is 1.35 bits per heavy atom. The van der Waals surface area contributed by atoms with Crippen LogP contribution in [0.1, 0.15) is 22.6 Å². The van der Waals surface area contributed by atoms with Crippen LogP contribution in [0.2, 0.25) is 0 Å². The highest BCUT2D eigenvalue weighted by atomic mass is 16.1. The highest BCUT2D eigenvalue weighted by molar-refractivity contribution is 5.94. The molecule has 1 unspecified atom stereocenters. The summed E-state index contributed by atoms with van der Waals surface area (Å²) >= 11 is 0. The van der Waals surface area contributed by atoms with E-state index in [0.29, 0.717) is 5.56 Å². The van der Waals surface area contributed by atoms with Crippen LogP contribution in [0, 0.1) is 0 Å². The van der Waals surface area contributed by atoms with Crippen LogP contribution < -0.4 is 5.32 Å². The molecule has 1 aliphatic rings. The van der Waals surface area contributed by atoms with Gasteiger partial charge < -0.3 is 9.88 Å². The molecule has 0 fully saturated rings. The number of hydrogen-bond donors (Lipinski definition) is 1. The third kappa shape index (κ3) is 2.70. The lowest BCUT2D eigenvalue weighted by Crippen LogP contribution is -2.40. The number of rotatable bonds is 3. The van der Waals surface area contributed by atoms with Crippen molar-refractivity contribution in [1.82, 2.24) is 35.1 Å². The maximum Gasteiger partial charge on any atom is 0.251 e. The van der Waals surface area contributed by atoms with Crippen molar-refractivity contribution >= 4 is 5.91 Å². The highest BCUT2D eigenvalue weighted by Gasteiger charge is 2.21. The van der Waals surface area contributed by atoms with Crippen LogP contribution >= 0.6 is 0 Å². The van der Waals surface area contributed by atoms with Crippen LogP contribution in [-0.2, 0) is 13.0 Å². The van der Waals surface area contributed by atoms with E-state index >= 15 is 0 Å². The summed E-state index contributed by atoms with van der Waals surface area (Å²) < 4.78 is 3.61. The summed E-state index contributed by atoms with van der Waals surface area (Å²) in [6.07, 6.45) is 7.03. The second-order valence-corrected chi connectivity index (χ2v) is 5.51. The molecule has 1 atom stereocenters. The zero-order valence-electron chi connectivity index (χ0n) is 12.3. The van der Waals surface area contributed by atoms with E-state index in [4.69, 9.17) is 0 Å². The molecule has 0 bridgehead atoms. The smallest absolute Gasteiger partial charge is 0.251 e. The second kappa shape index (κ2) is 5.64. The summed E-state index contributed by atoms with van der Waals surface area (Å²) in [5.41, 5.74) is 1.35. The number of carbonyl (C=O) groups excluding carboxylic acids is 1. The first-order valence-electron chi connectivity index (χ1n) is 7.44. The number of carbonyl (C=O) groups is 1. The Labute approximate surface area is 132 Å². The summed E-state index contributed by atoms with van der Waals surface area (Å²) in [6.45, 7) is 0.758. The van der Waals surface area contributed by atoms with Gasteiger partial charge in [0.05, 0.1) is 5.69 Å². The quantitative estimate of drug-likeness (QED) is 0.765. The van der Waals surface area contributed by atoms with Gasteiger partial charge in [0.2, 0.25) is 0 Å². The van der Waals surface area contributed by atoms with Crippen molar-refractivity contribution < 1.29 is 4.79 Å². The van der Waals surface area contributed by atoms with Gasteiger partial charge >= 0.3 is 0 Å². The molecular formula is C15H15N7O. The Kier molecular flexibility index (Phi) is 3.34. The van der Waals surface area contributed by atoms with E-state index in [0.717, 1.165) is 30.9 Å². The van der Waals surface area contributed by atoms with Crippen LogP contribution in [0.5, 0.6) is 0 Å². The van der Waals surface area contributed by atoms with Gasteiger partial charge in [0.25, 0.3) is 5.91 Å². The lowest BCUT2D eigenvalue weighted by molar-refractivity contribution is 0.0927. The first-order chi connectivity index (χ1) is 11.3. The predicted molar refractivity (Wildman–Crippen MR) is 81.0 cm³/mol. The Hall–Kier alpha value is -3.03. The van der Waals surface area contributed by atoms with Crippen LogP contribution in [0.15, 0.2) is 43.0 Å². The average molecular weight is 309 g/mol. The molecule has 0 saturated carbocycles. The fourth-order valence-electron chi connectivity index (χ4n) is 2.82. The minimum absolute atomic E-state index is 0.0894. The molecule has 8 nitrogen and oxygen atoms in total. The van der Waals surface area contributed by atoms with Crippen molar-refractivity contribution in [3.63, 3.8) is 0 Å². The largest absolute Gasteiger partial charge is 0.347 e. The van der Waals surface area contributed by atoms with Crippen molar-refractivity contribution in [1.29, 1.82) is 0 Å². The number of imidazole rings is 1. The Morgan fingerprint density at radius 3 is 3.17 bits per heavy atom. The fourth-order valence-corrected chi connectivity index (χ4v) is 2.82. The van der Waals surface area contributed by atoms with Gasteiger partial charge in [0, 0.05) is 37.0 Å². The minimum atomic E-state index is -0.0894. The number of benzene rings is 1. The molecule has 3 aromatic rings. The molecule has 2 aromatic heterocycles. The van der Waals surface area contributed by atoms with Crippen molar-refractivity contribution in [2.75, 3.05) is 0 Å². The van der Waals surface area contributed by atoms with Crippen LogP contribution in [0.25, 0.3) is 5.69 Å². The van der Waals surface area contributed by atoms with Gasteiger partial charge in [-0.1, -0.05) is 6.07 Å². The van der Waals surface area contributed by atoms with E-state index in [9.17, 15) is 4.79 Å². The highest BCUT2D eigenvalue weighted by Crippen LogP contribution is 2.14. The molecule has 1 aromatic carbocycles. The molecule has 1 aliphatic heterocycles. The molecule has 4 rings (SSSR count). The van der Waals surface area contributed by atoms with Crippen molar-refractivity contribution in [2.45, 2.75) is 25.4 Å². The van der Waals surface area contributed by atoms with Gasteiger partial charge in [-0.15, -0.1) is 5.10 Å². The van der Waals surface area contributed by atoms with Crippen LogP contribution in [0.3, 0.4) is 0 Å². The normalized spacial score (nSPS) is 16.8. The van der Waals surface area contributed by atoms with Crippen molar-refractivity contribution in [2.24, 2.45) is 0 Å². The summed E-state index contributed by atoms with van der Waals surface area (Å²) in [5.74, 6) is 0.990. The molecule has 0 saturated heterocycles. The molecular weight excluding hydrogens is 294 g/mol. The van der Waals surface area contributed by atoms with Gasteiger partial charge in [-0.05, 0) is 35.0 Å². The van der Waals surface area contributed by atoms with Crippen LogP contribution in [0.4, 0.5) is 0 Å². The summed E-state index contributed by atoms with van der Waals surface area (Å²) in [5, 5.41) is 14.1. The molecule has 0 aliphatic carbocycles. The SMILES string of the molecule is O=C(NC1CCc2nccn2C1)c1cccc(-n2cnnn2)c1. The zero-order chi connectivity index (χ0) is 15.6. The summed E-state index contributed by atoms with van der Waals surface area (Å²) in [7, 11) is 0. The number of tetrazole rings is 1. The number of nitrogens with one attached hydrogen (secondary N) is 1. The molecule has 1 N–H and O–H groups in total. The monoisotopic (exact) mass is 309 g/mol. The number of aromatic nitrogens is 6. The number of amides is 1. The Balaban J connectivity index is 1.49. The lowest BCUT2D eigenvalue weighted by Gasteiger charge is -2.24. The van der Waals surface area contributed by atoms with E-state index in [-0.39, 0.29) is 11.9 Å².